The fourth-order valence-corrected chi connectivity index (χ4v) is 6.33. The van der Waals surface area contributed by atoms with Gasteiger partial charge in [-0.1, -0.05) is 70.4 Å². The lowest BCUT2D eigenvalue weighted by Gasteiger charge is -2.36. The van der Waals surface area contributed by atoms with Crippen molar-refractivity contribution in [3.63, 3.8) is 0 Å². The smallest absolute Gasteiger partial charge is 0.417 e. The first kappa shape index (κ1) is 28.9. The Balaban J connectivity index is 1.80. The maximum atomic E-state index is 14.1. The zero-order valence-corrected chi connectivity index (χ0v) is 22.5. The van der Waals surface area contributed by atoms with Gasteiger partial charge in [-0.05, 0) is 29.9 Å². The summed E-state index contributed by atoms with van der Waals surface area (Å²) < 4.78 is 40.2. The Bertz CT molecular complexity index is 1180. The number of amides is 1. The first-order valence-corrected chi connectivity index (χ1v) is 13.5. The molecular formula is C29H37F3N4O3. The number of benzene rings is 1. The highest BCUT2D eigenvalue weighted by Crippen LogP contribution is 2.49. The second kappa shape index (κ2) is 11.2. The summed E-state index contributed by atoms with van der Waals surface area (Å²) in [4.78, 5) is 32.3. The van der Waals surface area contributed by atoms with E-state index in [0.29, 0.717) is 19.0 Å². The summed E-state index contributed by atoms with van der Waals surface area (Å²) in [6.07, 6.45) is 0.441. The van der Waals surface area contributed by atoms with Crippen LogP contribution >= 0.6 is 0 Å². The van der Waals surface area contributed by atoms with Crippen molar-refractivity contribution in [2.75, 3.05) is 5.73 Å². The van der Waals surface area contributed by atoms with E-state index in [9.17, 15) is 27.9 Å². The summed E-state index contributed by atoms with van der Waals surface area (Å²) in [5.41, 5.74) is 5.41. The van der Waals surface area contributed by atoms with Gasteiger partial charge >= 0.3 is 12.1 Å². The highest BCUT2D eigenvalue weighted by atomic mass is 19.4. The lowest BCUT2D eigenvalue weighted by Crippen LogP contribution is -2.49. The number of carbonyl (C=O) groups is 2. The number of likely N-dealkylation sites (tertiary alicyclic amines) is 1. The first-order chi connectivity index (χ1) is 18.3. The number of hydrogen-bond acceptors (Lipinski definition) is 5. The zero-order chi connectivity index (χ0) is 28.5. The number of carboxylic acid groups (broad SMARTS) is 1. The van der Waals surface area contributed by atoms with Gasteiger partial charge in [-0.2, -0.15) is 13.2 Å². The Morgan fingerprint density at radius 3 is 2.31 bits per heavy atom. The first-order valence-electron chi connectivity index (χ1n) is 13.5. The van der Waals surface area contributed by atoms with Gasteiger partial charge in [0, 0.05) is 36.2 Å². The molecule has 1 aliphatic carbocycles. The van der Waals surface area contributed by atoms with Gasteiger partial charge in [-0.25, -0.2) is 9.78 Å². The summed E-state index contributed by atoms with van der Waals surface area (Å²) in [5.74, 6) is -2.11. The van der Waals surface area contributed by atoms with Crippen molar-refractivity contribution >= 4 is 17.7 Å². The number of nitrogens with zero attached hydrogens (tertiary/aromatic N) is 2. The van der Waals surface area contributed by atoms with Crippen molar-refractivity contribution in [2.45, 2.75) is 83.7 Å². The molecule has 2 aliphatic rings. The molecule has 0 radical (unpaired) electrons. The van der Waals surface area contributed by atoms with E-state index in [0.717, 1.165) is 30.9 Å². The molecule has 2 fully saturated rings. The Morgan fingerprint density at radius 1 is 1.10 bits per heavy atom. The fourth-order valence-electron chi connectivity index (χ4n) is 6.33. The molecule has 0 unspecified atom stereocenters. The molecule has 1 amide bonds. The third-order valence-electron chi connectivity index (χ3n) is 8.13. The molecule has 1 aromatic heterocycles. The number of nitrogens with one attached hydrogen (secondary N) is 1. The van der Waals surface area contributed by atoms with Crippen LogP contribution in [0.1, 0.15) is 75.6 Å². The second-order valence-corrected chi connectivity index (χ2v) is 11.8. The Morgan fingerprint density at radius 2 is 1.74 bits per heavy atom. The topological polar surface area (TPSA) is 109 Å². The van der Waals surface area contributed by atoms with Crippen LogP contribution in [0.3, 0.4) is 0 Å². The van der Waals surface area contributed by atoms with Crippen LogP contribution in [0.15, 0.2) is 42.6 Å². The lowest BCUT2D eigenvalue weighted by atomic mass is 9.72. The number of halogens is 3. The maximum absolute atomic E-state index is 14.1. The van der Waals surface area contributed by atoms with E-state index >= 15 is 0 Å². The highest BCUT2D eigenvalue weighted by Gasteiger charge is 2.58. The molecule has 4 rings (SSSR count). The van der Waals surface area contributed by atoms with Crippen molar-refractivity contribution in [2.24, 2.45) is 17.3 Å². The van der Waals surface area contributed by atoms with Gasteiger partial charge in [0.2, 0.25) is 5.91 Å². The van der Waals surface area contributed by atoms with Crippen LogP contribution in [-0.4, -0.2) is 39.0 Å². The van der Waals surface area contributed by atoms with E-state index in [1.165, 1.54) is 0 Å². The third kappa shape index (κ3) is 6.05. The van der Waals surface area contributed by atoms with Crippen molar-refractivity contribution in [1.82, 2.24) is 15.2 Å². The summed E-state index contributed by atoms with van der Waals surface area (Å²) in [5, 5.41) is 13.9. The number of carboxylic acids is 1. The predicted octanol–water partition coefficient (Wildman–Crippen LogP) is 5.42. The summed E-state index contributed by atoms with van der Waals surface area (Å²) in [6.45, 7) is 5.72. The van der Waals surface area contributed by atoms with Gasteiger partial charge < -0.3 is 21.1 Å². The largest absolute Gasteiger partial charge is 0.480 e. The van der Waals surface area contributed by atoms with Crippen molar-refractivity contribution in [3.8, 4) is 0 Å². The summed E-state index contributed by atoms with van der Waals surface area (Å²) in [7, 11) is 0. The molecular weight excluding hydrogens is 509 g/mol. The van der Waals surface area contributed by atoms with Crippen LogP contribution in [0.4, 0.5) is 19.0 Å². The highest BCUT2D eigenvalue weighted by molar-refractivity contribution is 5.87. The summed E-state index contributed by atoms with van der Waals surface area (Å²) >= 11 is 0. The molecule has 212 valence electrons. The Kier molecular flexibility index (Phi) is 8.25. The number of carbonyl (C=O) groups excluding carboxylic acids is 1. The van der Waals surface area contributed by atoms with Crippen molar-refractivity contribution < 1.29 is 27.9 Å². The molecule has 39 heavy (non-hydrogen) atoms. The van der Waals surface area contributed by atoms with Gasteiger partial charge in [-0.3, -0.25) is 4.79 Å². The minimum absolute atomic E-state index is 0.0398. The van der Waals surface area contributed by atoms with Crippen LogP contribution in [0.2, 0.25) is 0 Å². The van der Waals surface area contributed by atoms with Gasteiger partial charge in [-0.15, -0.1) is 0 Å². The molecule has 4 N–H and O–H groups in total. The number of nitrogen functional groups attached to an aromatic ring is 1. The average molecular weight is 547 g/mol. The van der Waals surface area contributed by atoms with E-state index in [-0.39, 0.29) is 29.8 Å². The number of aliphatic carboxylic acids is 1. The van der Waals surface area contributed by atoms with Crippen LogP contribution in [0.5, 0.6) is 0 Å². The van der Waals surface area contributed by atoms with E-state index in [1.807, 2.05) is 51.1 Å². The van der Waals surface area contributed by atoms with E-state index in [4.69, 9.17) is 5.73 Å². The number of rotatable bonds is 6. The molecule has 1 aliphatic heterocycles. The van der Waals surface area contributed by atoms with Crippen molar-refractivity contribution in [3.05, 3.63) is 59.3 Å². The second-order valence-electron chi connectivity index (χ2n) is 11.8. The lowest BCUT2D eigenvalue weighted by molar-refractivity contribution is -0.154. The van der Waals surface area contributed by atoms with Gasteiger partial charge in [0.25, 0.3) is 0 Å². The number of aromatic nitrogens is 1. The van der Waals surface area contributed by atoms with E-state index in [2.05, 4.69) is 10.3 Å². The summed E-state index contributed by atoms with van der Waals surface area (Å²) in [6, 6.07) is 7.90. The fraction of sp³-hybridized carbons (Fsp3) is 0.552. The van der Waals surface area contributed by atoms with Crippen LogP contribution in [0.25, 0.3) is 0 Å². The molecule has 1 saturated heterocycles. The number of alkyl halides is 3. The quantitative estimate of drug-likeness (QED) is 0.447. The predicted molar refractivity (Wildman–Crippen MR) is 141 cm³/mol. The van der Waals surface area contributed by atoms with Crippen molar-refractivity contribution in [1.29, 1.82) is 0 Å². The molecule has 4 atom stereocenters. The molecule has 0 spiro atoms. The zero-order valence-electron chi connectivity index (χ0n) is 22.5. The third-order valence-corrected chi connectivity index (χ3v) is 8.13. The number of nitrogens with two attached hydrogens (primary N) is 1. The van der Waals surface area contributed by atoms with Gasteiger partial charge in [0.15, 0.2) is 0 Å². The molecule has 2 heterocycles. The molecule has 7 nitrogen and oxygen atoms in total. The van der Waals surface area contributed by atoms with Gasteiger partial charge in [0.1, 0.15) is 11.9 Å². The van der Waals surface area contributed by atoms with Crippen LogP contribution < -0.4 is 11.1 Å². The average Bonchev–Trinajstić information content (AvgIpc) is 3.24. The normalized spacial score (nSPS) is 24.6. The molecule has 1 aromatic carbocycles. The molecule has 10 heteroatoms. The molecule has 0 bridgehead atoms. The monoisotopic (exact) mass is 546 g/mol. The number of pyridine rings is 1. The Labute approximate surface area is 227 Å². The minimum atomic E-state index is -4.58. The SMILES string of the molecule is CC(C)(C)[C@@H]1[C@@H](NCc2cc(C(F)(F)F)cnc2N)[C@@H](c2ccccc2)N(C(=O)C2CCCCC2)[C@H]1C(=O)O. The maximum Gasteiger partial charge on any atom is 0.417 e. The standard InChI is InChI=1S/C29H37F3N4O3/c1-28(2,3)21-22(34-15-19-14-20(29(30,31)32)16-35-25(19)33)23(17-10-6-4-7-11-17)36(24(21)27(38)39)26(37)18-12-8-5-9-13-18/h4,6-7,10-11,14,16,18,21-24,34H,5,8-9,12-13,15H2,1-3H3,(H2,33,35)(H,38,39)/t21-,22-,23-,24-/m1/s1. The van der Waals surface area contributed by atoms with Gasteiger partial charge in [0.05, 0.1) is 11.6 Å². The molecule has 2 aromatic rings. The number of hydrogen-bond donors (Lipinski definition) is 3. The molecule has 1 saturated carbocycles. The number of anilines is 1. The van der Waals surface area contributed by atoms with Crippen LogP contribution in [-0.2, 0) is 22.3 Å². The van der Waals surface area contributed by atoms with E-state index < -0.39 is 47.2 Å². The Hall–Kier alpha value is -3.14. The van der Waals surface area contributed by atoms with Crippen LogP contribution in [0, 0.1) is 17.3 Å². The minimum Gasteiger partial charge on any atom is -0.480 e. The van der Waals surface area contributed by atoms with E-state index in [1.54, 1.807) is 4.90 Å².